The number of benzene rings is 1. The monoisotopic (exact) mass is 308 g/mol. The minimum Gasteiger partial charge on any atom is -0.396 e. The Bertz CT molecular complexity index is 477. The third kappa shape index (κ3) is 4.93. The van der Waals surface area contributed by atoms with Crippen molar-refractivity contribution < 1.29 is 9.90 Å². The van der Waals surface area contributed by atoms with Gasteiger partial charge in [0.1, 0.15) is 0 Å². The van der Waals surface area contributed by atoms with Gasteiger partial charge in [0.15, 0.2) is 0 Å². The fraction of sp³-hybridized carbons (Fsp3) is 0.562. The first kappa shape index (κ1) is 16.2. The zero-order valence-electron chi connectivity index (χ0n) is 12.6. The largest absolute Gasteiger partial charge is 0.396 e. The summed E-state index contributed by atoms with van der Waals surface area (Å²) in [7, 11) is 0. The van der Waals surface area contributed by atoms with Crippen LogP contribution in [0.25, 0.3) is 0 Å². The van der Waals surface area contributed by atoms with Crippen LogP contribution in [0.4, 0.5) is 10.5 Å². The summed E-state index contributed by atoms with van der Waals surface area (Å²) in [6.07, 6.45) is 4.99. The molecule has 1 saturated carbocycles. The van der Waals surface area contributed by atoms with E-state index in [1.54, 1.807) is 11.8 Å². The van der Waals surface area contributed by atoms with E-state index in [1.165, 1.54) is 5.56 Å². The number of nitrogens with one attached hydrogen (secondary N) is 2. The average molecular weight is 308 g/mol. The Morgan fingerprint density at radius 2 is 2.24 bits per heavy atom. The lowest BCUT2D eigenvalue weighted by atomic mass is 10.1. The third-order valence-electron chi connectivity index (χ3n) is 3.92. The SMILES string of the molecule is CS[C@H](C)c1cccc(NC(=O)N[C@@H](CCO)C2CC2)c1. The predicted octanol–water partition coefficient (Wildman–Crippen LogP) is 3.39. The fourth-order valence-electron chi connectivity index (χ4n) is 2.40. The molecule has 0 saturated heterocycles. The van der Waals surface area contributed by atoms with E-state index in [4.69, 9.17) is 5.11 Å². The van der Waals surface area contributed by atoms with Crippen LogP contribution < -0.4 is 10.6 Å². The van der Waals surface area contributed by atoms with Crippen LogP contribution in [0.2, 0.25) is 0 Å². The van der Waals surface area contributed by atoms with Gasteiger partial charge < -0.3 is 15.7 Å². The molecule has 4 nitrogen and oxygen atoms in total. The molecule has 21 heavy (non-hydrogen) atoms. The van der Waals surface area contributed by atoms with Crippen molar-refractivity contribution in [3.05, 3.63) is 29.8 Å². The molecule has 5 heteroatoms. The minimum absolute atomic E-state index is 0.0864. The molecule has 2 amide bonds. The summed E-state index contributed by atoms with van der Waals surface area (Å²) in [5, 5.41) is 15.3. The molecule has 1 aliphatic rings. The number of aliphatic hydroxyl groups excluding tert-OH is 1. The van der Waals surface area contributed by atoms with E-state index in [9.17, 15) is 4.79 Å². The van der Waals surface area contributed by atoms with E-state index in [2.05, 4.69) is 29.9 Å². The van der Waals surface area contributed by atoms with Crippen molar-refractivity contribution in [2.75, 3.05) is 18.2 Å². The van der Waals surface area contributed by atoms with Crippen molar-refractivity contribution >= 4 is 23.5 Å². The third-order valence-corrected chi connectivity index (χ3v) is 4.89. The molecule has 116 valence electrons. The molecule has 1 aromatic carbocycles. The number of thioether (sulfide) groups is 1. The Morgan fingerprint density at radius 1 is 1.48 bits per heavy atom. The lowest BCUT2D eigenvalue weighted by molar-refractivity contribution is 0.234. The van der Waals surface area contributed by atoms with Crippen molar-refractivity contribution in [3.8, 4) is 0 Å². The lowest BCUT2D eigenvalue weighted by Crippen LogP contribution is -2.39. The topological polar surface area (TPSA) is 61.4 Å². The van der Waals surface area contributed by atoms with Gasteiger partial charge in [-0.2, -0.15) is 11.8 Å². The average Bonchev–Trinajstić information content (AvgIpc) is 3.31. The highest BCUT2D eigenvalue weighted by atomic mass is 32.2. The van der Waals surface area contributed by atoms with Gasteiger partial charge in [0.2, 0.25) is 0 Å². The molecule has 0 heterocycles. The van der Waals surface area contributed by atoms with Crippen LogP contribution in [0.15, 0.2) is 24.3 Å². The standard InChI is InChI=1S/C16H24N2O2S/c1-11(21-2)13-4-3-5-14(10-13)17-16(20)18-15(8-9-19)12-6-7-12/h3-5,10-12,15,19H,6-9H2,1-2H3,(H2,17,18,20)/t11-,15+/m1/s1. The second-order valence-corrected chi connectivity index (χ2v) is 6.74. The molecule has 1 aromatic rings. The van der Waals surface area contributed by atoms with Crippen LogP contribution >= 0.6 is 11.8 Å². The zero-order valence-corrected chi connectivity index (χ0v) is 13.5. The maximum Gasteiger partial charge on any atom is 0.319 e. The lowest BCUT2D eigenvalue weighted by Gasteiger charge is -2.18. The van der Waals surface area contributed by atoms with Crippen molar-refractivity contribution in [2.24, 2.45) is 5.92 Å². The number of carbonyl (C=O) groups is 1. The second kappa shape index (κ2) is 7.71. The Morgan fingerprint density at radius 3 is 2.86 bits per heavy atom. The number of amides is 2. The predicted molar refractivity (Wildman–Crippen MR) is 88.7 cm³/mol. The summed E-state index contributed by atoms with van der Waals surface area (Å²) in [5.41, 5.74) is 2.01. The summed E-state index contributed by atoms with van der Waals surface area (Å²) in [4.78, 5) is 12.1. The summed E-state index contributed by atoms with van der Waals surface area (Å²) in [6, 6.07) is 7.85. The van der Waals surface area contributed by atoms with E-state index < -0.39 is 0 Å². The molecule has 0 radical (unpaired) electrons. The zero-order chi connectivity index (χ0) is 15.2. The van der Waals surface area contributed by atoms with Crippen molar-refractivity contribution in [1.82, 2.24) is 5.32 Å². The van der Waals surface area contributed by atoms with Crippen molar-refractivity contribution in [2.45, 2.75) is 37.5 Å². The first-order valence-corrected chi connectivity index (χ1v) is 8.74. The fourth-order valence-corrected chi connectivity index (χ4v) is 2.82. The van der Waals surface area contributed by atoms with Crippen LogP contribution in [0, 0.1) is 5.92 Å². The molecular formula is C16H24N2O2S. The van der Waals surface area contributed by atoms with Gasteiger partial charge >= 0.3 is 6.03 Å². The molecule has 0 aliphatic heterocycles. The Hall–Kier alpha value is -1.20. The van der Waals surface area contributed by atoms with Gasteiger partial charge in [0, 0.05) is 23.6 Å². The van der Waals surface area contributed by atoms with Crippen LogP contribution in [-0.2, 0) is 0 Å². The van der Waals surface area contributed by atoms with Crippen LogP contribution in [0.3, 0.4) is 0 Å². The van der Waals surface area contributed by atoms with Gasteiger partial charge in [-0.05, 0) is 56.1 Å². The molecule has 3 N–H and O–H groups in total. The quantitative estimate of drug-likeness (QED) is 0.723. The van der Waals surface area contributed by atoms with E-state index in [1.807, 2.05) is 18.2 Å². The van der Waals surface area contributed by atoms with Gasteiger partial charge in [0.05, 0.1) is 0 Å². The molecule has 0 unspecified atom stereocenters. The van der Waals surface area contributed by atoms with E-state index in [0.717, 1.165) is 18.5 Å². The highest BCUT2D eigenvalue weighted by Crippen LogP contribution is 2.34. The molecule has 0 spiro atoms. The number of aliphatic hydroxyl groups is 1. The normalized spacial score (nSPS) is 17.1. The first-order valence-electron chi connectivity index (χ1n) is 7.45. The molecule has 0 aromatic heterocycles. The number of carbonyl (C=O) groups excluding carboxylic acids is 1. The maximum absolute atomic E-state index is 12.1. The van der Waals surface area contributed by atoms with E-state index >= 15 is 0 Å². The highest BCUT2D eigenvalue weighted by Gasteiger charge is 2.31. The second-order valence-electron chi connectivity index (χ2n) is 5.56. The molecule has 1 fully saturated rings. The number of hydrogen-bond acceptors (Lipinski definition) is 3. The molecular weight excluding hydrogens is 284 g/mol. The van der Waals surface area contributed by atoms with Gasteiger partial charge in [0.25, 0.3) is 0 Å². The van der Waals surface area contributed by atoms with E-state index in [-0.39, 0.29) is 18.7 Å². The number of anilines is 1. The smallest absolute Gasteiger partial charge is 0.319 e. The summed E-state index contributed by atoms with van der Waals surface area (Å²) in [6.45, 7) is 2.26. The number of urea groups is 1. The molecule has 0 bridgehead atoms. The van der Waals surface area contributed by atoms with Gasteiger partial charge in [-0.25, -0.2) is 4.79 Å². The van der Waals surface area contributed by atoms with Gasteiger partial charge in [-0.15, -0.1) is 0 Å². The summed E-state index contributed by atoms with van der Waals surface area (Å²) >= 11 is 1.78. The molecule has 2 rings (SSSR count). The Balaban J connectivity index is 1.92. The van der Waals surface area contributed by atoms with Crippen LogP contribution in [0.5, 0.6) is 0 Å². The summed E-state index contributed by atoms with van der Waals surface area (Å²) < 4.78 is 0. The van der Waals surface area contributed by atoms with Crippen LogP contribution in [-0.4, -0.2) is 30.0 Å². The molecule has 2 atom stereocenters. The van der Waals surface area contributed by atoms with Gasteiger partial charge in [-0.3, -0.25) is 0 Å². The Kier molecular flexibility index (Phi) is 5.94. The maximum atomic E-state index is 12.1. The molecule has 1 aliphatic carbocycles. The first-order chi connectivity index (χ1) is 10.1. The number of hydrogen-bond donors (Lipinski definition) is 3. The van der Waals surface area contributed by atoms with Gasteiger partial charge in [-0.1, -0.05) is 12.1 Å². The van der Waals surface area contributed by atoms with Crippen LogP contribution in [0.1, 0.15) is 37.0 Å². The van der Waals surface area contributed by atoms with E-state index in [0.29, 0.717) is 17.6 Å². The highest BCUT2D eigenvalue weighted by molar-refractivity contribution is 7.98. The summed E-state index contributed by atoms with van der Waals surface area (Å²) in [5.74, 6) is 0.533. The number of rotatable bonds is 7. The van der Waals surface area contributed by atoms with Crippen molar-refractivity contribution in [1.29, 1.82) is 0 Å². The minimum atomic E-state index is -0.186. The van der Waals surface area contributed by atoms with Crippen molar-refractivity contribution in [3.63, 3.8) is 0 Å². The Labute approximate surface area is 130 Å².